The number of benzene rings is 1. The molecule has 0 saturated heterocycles. The van der Waals surface area contributed by atoms with E-state index in [1.54, 1.807) is 10.9 Å². The average Bonchev–Trinajstić information content (AvgIpc) is 3.07. The van der Waals surface area contributed by atoms with Gasteiger partial charge in [0.15, 0.2) is 10.8 Å². The summed E-state index contributed by atoms with van der Waals surface area (Å²) < 4.78 is 1.80. The van der Waals surface area contributed by atoms with Crippen LogP contribution in [0.3, 0.4) is 0 Å². The summed E-state index contributed by atoms with van der Waals surface area (Å²) in [6.45, 7) is 6.43. The second-order valence-electron chi connectivity index (χ2n) is 4.77. The number of thiazole rings is 1. The van der Waals surface area contributed by atoms with Crippen LogP contribution in [0.4, 0.5) is 5.13 Å². The number of nitrogens with one attached hydrogen (secondary N) is 1. The molecular weight excluding hydrogens is 284 g/mol. The highest BCUT2D eigenvalue weighted by molar-refractivity contribution is 7.13. The molecule has 0 aliphatic rings. The summed E-state index contributed by atoms with van der Waals surface area (Å²) >= 11 is 1.38. The van der Waals surface area contributed by atoms with Gasteiger partial charge in [-0.3, -0.25) is 14.8 Å². The molecule has 0 atom stereocenters. The van der Waals surface area contributed by atoms with Crippen LogP contribution in [0.2, 0.25) is 0 Å². The standard InChI is InChI=1S/C15H14N4OS/c1-10(2)9-19-12-6-4-3-5-11(12)13(18-19)14(20)17-15-16-7-8-21-15/h3-8H,1,9H2,2H3,(H,16,17,20). The molecule has 0 saturated carbocycles. The van der Waals surface area contributed by atoms with Gasteiger partial charge in [0.05, 0.1) is 12.1 Å². The molecule has 1 amide bonds. The number of fused-ring (bicyclic) bond motifs is 1. The topological polar surface area (TPSA) is 59.8 Å². The number of hydrogen-bond acceptors (Lipinski definition) is 4. The number of allylic oxidation sites excluding steroid dienone is 1. The lowest BCUT2D eigenvalue weighted by Crippen LogP contribution is -2.13. The molecule has 3 rings (SSSR count). The van der Waals surface area contributed by atoms with Gasteiger partial charge in [-0.15, -0.1) is 11.3 Å². The molecule has 0 spiro atoms. The Morgan fingerprint density at radius 2 is 2.24 bits per heavy atom. The Kier molecular flexibility index (Phi) is 3.53. The molecule has 1 N–H and O–H groups in total. The Balaban J connectivity index is 2.01. The number of hydrogen-bond donors (Lipinski definition) is 1. The lowest BCUT2D eigenvalue weighted by Gasteiger charge is -2.01. The number of amides is 1. The van der Waals surface area contributed by atoms with Crippen LogP contribution in [-0.2, 0) is 6.54 Å². The molecule has 0 unspecified atom stereocenters. The molecule has 2 aromatic heterocycles. The van der Waals surface area contributed by atoms with E-state index in [1.165, 1.54) is 11.3 Å². The number of nitrogens with zero attached hydrogens (tertiary/aromatic N) is 3. The fourth-order valence-corrected chi connectivity index (χ4v) is 2.64. The molecule has 2 heterocycles. The number of para-hydroxylation sites is 1. The van der Waals surface area contributed by atoms with Crippen molar-refractivity contribution >= 4 is 33.3 Å². The smallest absolute Gasteiger partial charge is 0.278 e. The van der Waals surface area contributed by atoms with Gasteiger partial charge in [0.1, 0.15) is 0 Å². The summed E-state index contributed by atoms with van der Waals surface area (Å²) in [5, 5.41) is 10.4. The van der Waals surface area contributed by atoms with Gasteiger partial charge in [-0.25, -0.2) is 4.98 Å². The van der Waals surface area contributed by atoms with Crippen LogP contribution in [-0.4, -0.2) is 20.7 Å². The van der Waals surface area contributed by atoms with Crippen LogP contribution in [0.25, 0.3) is 10.9 Å². The van der Waals surface area contributed by atoms with Crippen LogP contribution >= 0.6 is 11.3 Å². The van der Waals surface area contributed by atoms with E-state index in [4.69, 9.17) is 0 Å². The lowest BCUT2D eigenvalue weighted by atomic mass is 10.2. The summed E-state index contributed by atoms with van der Waals surface area (Å²) in [6.07, 6.45) is 1.65. The van der Waals surface area contributed by atoms with E-state index in [1.807, 2.05) is 36.6 Å². The van der Waals surface area contributed by atoms with Crippen molar-refractivity contribution in [3.8, 4) is 0 Å². The highest BCUT2D eigenvalue weighted by Gasteiger charge is 2.17. The zero-order valence-corrected chi connectivity index (χ0v) is 12.4. The predicted octanol–water partition coefficient (Wildman–Crippen LogP) is 3.32. The molecule has 0 aliphatic heterocycles. The minimum absolute atomic E-state index is 0.249. The Morgan fingerprint density at radius 3 is 2.95 bits per heavy atom. The molecule has 0 radical (unpaired) electrons. The molecule has 5 nitrogen and oxygen atoms in total. The maximum Gasteiger partial charge on any atom is 0.278 e. The van der Waals surface area contributed by atoms with Gasteiger partial charge in [0.25, 0.3) is 5.91 Å². The molecule has 21 heavy (non-hydrogen) atoms. The second-order valence-corrected chi connectivity index (χ2v) is 5.67. The van der Waals surface area contributed by atoms with E-state index < -0.39 is 0 Å². The van der Waals surface area contributed by atoms with Crippen molar-refractivity contribution in [1.82, 2.24) is 14.8 Å². The highest BCUT2D eigenvalue weighted by Crippen LogP contribution is 2.21. The fourth-order valence-electron chi connectivity index (χ4n) is 2.11. The third-order valence-electron chi connectivity index (χ3n) is 2.95. The zero-order chi connectivity index (χ0) is 14.8. The quantitative estimate of drug-likeness (QED) is 0.752. The van der Waals surface area contributed by atoms with Crippen LogP contribution in [0.1, 0.15) is 17.4 Å². The third kappa shape index (κ3) is 2.71. The van der Waals surface area contributed by atoms with E-state index in [9.17, 15) is 4.79 Å². The van der Waals surface area contributed by atoms with E-state index in [-0.39, 0.29) is 5.91 Å². The number of carbonyl (C=O) groups excluding carboxylic acids is 1. The normalized spacial score (nSPS) is 10.7. The number of anilines is 1. The maximum absolute atomic E-state index is 12.4. The van der Waals surface area contributed by atoms with Crippen LogP contribution < -0.4 is 5.32 Å². The van der Waals surface area contributed by atoms with Crippen molar-refractivity contribution in [3.63, 3.8) is 0 Å². The predicted molar refractivity (Wildman–Crippen MR) is 84.6 cm³/mol. The number of aromatic nitrogens is 3. The van der Waals surface area contributed by atoms with Gasteiger partial charge in [-0.2, -0.15) is 5.10 Å². The van der Waals surface area contributed by atoms with Crippen LogP contribution in [0.15, 0.2) is 48.0 Å². The van der Waals surface area contributed by atoms with Crippen molar-refractivity contribution in [2.75, 3.05) is 5.32 Å². The van der Waals surface area contributed by atoms with Gasteiger partial charge in [-0.1, -0.05) is 30.4 Å². The summed E-state index contributed by atoms with van der Waals surface area (Å²) in [5.74, 6) is -0.249. The SMILES string of the molecule is C=C(C)Cn1nc(C(=O)Nc2nccs2)c2ccccc21. The average molecular weight is 298 g/mol. The van der Waals surface area contributed by atoms with Gasteiger partial charge in [0.2, 0.25) is 0 Å². The van der Waals surface area contributed by atoms with Crippen LogP contribution in [0, 0.1) is 0 Å². The maximum atomic E-state index is 12.4. The molecule has 0 aliphatic carbocycles. The summed E-state index contributed by atoms with van der Waals surface area (Å²) in [4.78, 5) is 16.4. The first-order valence-corrected chi connectivity index (χ1v) is 7.34. The van der Waals surface area contributed by atoms with Gasteiger partial charge in [0, 0.05) is 17.0 Å². The lowest BCUT2D eigenvalue weighted by molar-refractivity contribution is 0.102. The molecular formula is C15H14N4OS. The third-order valence-corrected chi connectivity index (χ3v) is 3.63. The van der Waals surface area contributed by atoms with E-state index in [0.29, 0.717) is 17.4 Å². The van der Waals surface area contributed by atoms with Crippen molar-refractivity contribution in [2.45, 2.75) is 13.5 Å². The Bertz CT molecular complexity index is 804. The van der Waals surface area contributed by atoms with Crippen molar-refractivity contribution < 1.29 is 4.79 Å². The van der Waals surface area contributed by atoms with Gasteiger partial charge >= 0.3 is 0 Å². The molecule has 3 aromatic rings. The zero-order valence-electron chi connectivity index (χ0n) is 11.5. The van der Waals surface area contributed by atoms with Crippen LogP contribution in [0.5, 0.6) is 0 Å². The molecule has 6 heteroatoms. The molecule has 106 valence electrons. The summed E-state index contributed by atoms with van der Waals surface area (Å²) in [6, 6.07) is 7.68. The first-order chi connectivity index (χ1) is 10.1. The molecule has 0 bridgehead atoms. The minimum Gasteiger partial charge on any atom is -0.296 e. The highest BCUT2D eigenvalue weighted by atomic mass is 32.1. The Hall–Kier alpha value is -2.47. The number of carbonyl (C=O) groups is 1. The molecule has 1 aromatic carbocycles. The van der Waals surface area contributed by atoms with Crippen molar-refractivity contribution in [2.24, 2.45) is 0 Å². The van der Waals surface area contributed by atoms with Gasteiger partial charge < -0.3 is 0 Å². The Morgan fingerprint density at radius 1 is 1.43 bits per heavy atom. The van der Waals surface area contributed by atoms with E-state index >= 15 is 0 Å². The van der Waals surface area contributed by atoms with E-state index in [0.717, 1.165) is 16.5 Å². The minimum atomic E-state index is -0.249. The van der Waals surface area contributed by atoms with Gasteiger partial charge in [-0.05, 0) is 13.0 Å². The number of rotatable bonds is 4. The summed E-state index contributed by atoms with van der Waals surface area (Å²) in [5.41, 5.74) is 2.31. The van der Waals surface area contributed by atoms with Crippen molar-refractivity contribution in [1.29, 1.82) is 0 Å². The van der Waals surface area contributed by atoms with Crippen molar-refractivity contribution in [3.05, 3.63) is 53.7 Å². The largest absolute Gasteiger partial charge is 0.296 e. The summed E-state index contributed by atoms with van der Waals surface area (Å²) in [7, 11) is 0. The first kappa shape index (κ1) is 13.5. The molecule has 0 fully saturated rings. The fraction of sp³-hybridized carbons (Fsp3) is 0.133. The second kappa shape index (κ2) is 5.49. The first-order valence-electron chi connectivity index (χ1n) is 6.46. The Labute approximate surface area is 125 Å². The van der Waals surface area contributed by atoms with E-state index in [2.05, 4.69) is 22.0 Å². The monoisotopic (exact) mass is 298 g/mol.